The molecule has 4 saturated carbocycles. The lowest BCUT2D eigenvalue weighted by Crippen LogP contribution is -2.56. The van der Waals surface area contributed by atoms with E-state index in [1.807, 2.05) is 0 Å². The summed E-state index contributed by atoms with van der Waals surface area (Å²) >= 11 is 5.97. The van der Waals surface area contributed by atoms with E-state index in [0.717, 1.165) is 11.8 Å². The lowest BCUT2D eigenvalue weighted by molar-refractivity contribution is -0.128. The fraction of sp³-hybridized carbons (Fsp3) is 0.579. The second-order valence-electron chi connectivity index (χ2n) is 7.58. The molecule has 1 aromatic carbocycles. The summed E-state index contributed by atoms with van der Waals surface area (Å²) in [5, 5.41) is 3.47. The molecule has 1 aromatic rings. The summed E-state index contributed by atoms with van der Waals surface area (Å²) in [5.74, 6) is 2.22. The van der Waals surface area contributed by atoms with Gasteiger partial charge in [-0.15, -0.1) is 0 Å². The number of hydrogen-bond donors (Lipinski definition) is 1. The molecule has 0 heterocycles. The molecule has 0 aromatic heterocycles. The normalized spacial score (nSPS) is 33.3. The van der Waals surface area contributed by atoms with Crippen molar-refractivity contribution in [2.45, 2.75) is 38.1 Å². The molecule has 1 amide bonds. The summed E-state index contributed by atoms with van der Waals surface area (Å²) < 4.78 is 5.13. The van der Waals surface area contributed by atoms with Crippen LogP contribution >= 0.6 is 11.6 Å². The van der Waals surface area contributed by atoms with Crippen molar-refractivity contribution in [3.05, 3.63) is 34.9 Å². The van der Waals surface area contributed by atoms with E-state index in [2.05, 4.69) is 5.32 Å². The first-order valence-electron chi connectivity index (χ1n) is 8.81. The summed E-state index contributed by atoms with van der Waals surface area (Å²) in [6.07, 6.45) is 6.38. The number of halogens is 1. The van der Waals surface area contributed by atoms with E-state index in [-0.39, 0.29) is 18.6 Å². The van der Waals surface area contributed by atoms with Crippen LogP contribution in [0.2, 0.25) is 5.02 Å². The molecule has 0 aliphatic heterocycles. The van der Waals surface area contributed by atoms with Crippen molar-refractivity contribution in [1.82, 2.24) is 5.32 Å². The van der Waals surface area contributed by atoms with E-state index in [9.17, 15) is 9.59 Å². The molecule has 0 atom stereocenters. The Balaban J connectivity index is 1.31. The molecule has 5 rings (SSSR count). The van der Waals surface area contributed by atoms with Gasteiger partial charge >= 0.3 is 5.97 Å². The monoisotopic (exact) mass is 347 g/mol. The maximum atomic E-state index is 12.2. The van der Waals surface area contributed by atoms with Gasteiger partial charge in [0.15, 0.2) is 6.61 Å². The van der Waals surface area contributed by atoms with Gasteiger partial charge < -0.3 is 10.1 Å². The quantitative estimate of drug-likeness (QED) is 0.849. The van der Waals surface area contributed by atoms with E-state index in [1.54, 1.807) is 24.3 Å². The van der Waals surface area contributed by atoms with Gasteiger partial charge in [0.1, 0.15) is 0 Å². The van der Waals surface area contributed by atoms with Crippen LogP contribution < -0.4 is 5.32 Å². The van der Waals surface area contributed by atoms with Crippen LogP contribution in [0.15, 0.2) is 24.3 Å². The highest BCUT2D eigenvalue weighted by Gasteiger charge is 2.48. The highest BCUT2D eigenvalue weighted by atomic mass is 35.5. The van der Waals surface area contributed by atoms with Crippen LogP contribution in [0.3, 0.4) is 0 Å². The molecule has 0 radical (unpaired) electrons. The van der Waals surface area contributed by atoms with Crippen LogP contribution in [0.5, 0.6) is 0 Å². The Morgan fingerprint density at radius 1 is 1.04 bits per heavy atom. The molecule has 4 nitrogen and oxygen atoms in total. The zero-order valence-electron chi connectivity index (χ0n) is 13.5. The molecule has 4 fully saturated rings. The number of rotatable bonds is 4. The van der Waals surface area contributed by atoms with E-state index >= 15 is 0 Å². The molecule has 1 N–H and O–H groups in total. The third kappa shape index (κ3) is 3.04. The van der Waals surface area contributed by atoms with Gasteiger partial charge in [-0.25, -0.2) is 4.79 Å². The number of hydrogen-bond acceptors (Lipinski definition) is 3. The van der Waals surface area contributed by atoms with Crippen molar-refractivity contribution < 1.29 is 14.3 Å². The Morgan fingerprint density at radius 2 is 1.67 bits per heavy atom. The molecule has 128 valence electrons. The zero-order chi connectivity index (χ0) is 16.7. The minimum absolute atomic E-state index is 0.201. The SMILES string of the molecule is O=C(COC(=O)c1ccccc1Cl)NC1C2CC3CC(C2)CC1C3. The molecular weight excluding hydrogens is 326 g/mol. The van der Waals surface area contributed by atoms with E-state index in [4.69, 9.17) is 16.3 Å². The van der Waals surface area contributed by atoms with Crippen molar-refractivity contribution in [2.24, 2.45) is 23.7 Å². The average molecular weight is 348 g/mol. The Morgan fingerprint density at radius 3 is 2.29 bits per heavy atom. The number of nitrogens with one attached hydrogen (secondary N) is 1. The number of esters is 1. The number of benzene rings is 1. The van der Waals surface area contributed by atoms with Crippen LogP contribution in [0, 0.1) is 23.7 Å². The van der Waals surface area contributed by atoms with Gasteiger partial charge in [-0.3, -0.25) is 4.79 Å². The summed E-state index contributed by atoms with van der Waals surface area (Å²) in [4.78, 5) is 24.3. The molecule has 4 aliphatic carbocycles. The summed E-state index contributed by atoms with van der Waals surface area (Å²) in [7, 11) is 0. The van der Waals surface area contributed by atoms with Crippen molar-refractivity contribution >= 4 is 23.5 Å². The average Bonchev–Trinajstić information content (AvgIpc) is 2.56. The fourth-order valence-electron chi connectivity index (χ4n) is 5.22. The minimum atomic E-state index is -0.555. The lowest BCUT2D eigenvalue weighted by Gasteiger charge is -2.54. The summed E-state index contributed by atoms with van der Waals surface area (Å²) in [6.45, 7) is -0.243. The first-order valence-corrected chi connectivity index (χ1v) is 9.19. The number of amides is 1. The van der Waals surface area contributed by atoms with Crippen LogP contribution in [0.1, 0.15) is 42.5 Å². The first kappa shape index (κ1) is 15.9. The molecule has 24 heavy (non-hydrogen) atoms. The van der Waals surface area contributed by atoms with Gasteiger partial charge in [0.05, 0.1) is 10.6 Å². The Labute approximate surface area is 146 Å². The van der Waals surface area contributed by atoms with Crippen molar-refractivity contribution in [3.63, 3.8) is 0 Å². The number of ether oxygens (including phenoxy) is 1. The number of carbonyl (C=O) groups is 2. The third-order valence-electron chi connectivity index (χ3n) is 5.98. The van der Waals surface area contributed by atoms with Crippen LogP contribution in [-0.4, -0.2) is 24.5 Å². The van der Waals surface area contributed by atoms with E-state index in [0.29, 0.717) is 22.4 Å². The summed E-state index contributed by atoms with van der Waals surface area (Å²) in [5.41, 5.74) is 0.293. The number of carbonyl (C=O) groups excluding carboxylic acids is 2. The Bertz CT molecular complexity index is 632. The van der Waals surface area contributed by atoms with Crippen LogP contribution in [0.4, 0.5) is 0 Å². The fourth-order valence-corrected chi connectivity index (χ4v) is 5.44. The van der Waals surface area contributed by atoms with Gasteiger partial charge in [-0.2, -0.15) is 0 Å². The van der Waals surface area contributed by atoms with Crippen LogP contribution in [-0.2, 0) is 9.53 Å². The summed E-state index contributed by atoms with van der Waals surface area (Å²) in [6, 6.07) is 6.96. The maximum Gasteiger partial charge on any atom is 0.340 e. The van der Waals surface area contributed by atoms with Gasteiger partial charge in [0.2, 0.25) is 0 Å². The van der Waals surface area contributed by atoms with Gasteiger partial charge in [0, 0.05) is 6.04 Å². The van der Waals surface area contributed by atoms with Crippen molar-refractivity contribution in [2.75, 3.05) is 6.61 Å². The standard InChI is InChI=1S/C19H22ClNO3/c20-16-4-2-1-3-15(16)19(23)24-10-17(22)21-18-13-6-11-5-12(8-13)9-14(18)7-11/h1-4,11-14,18H,5-10H2,(H,21,22). The largest absolute Gasteiger partial charge is 0.452 e. The Hall–Kier alpha value is -1.55. The second kappa shape index (κ2) is 6.40. The van der Waals surface area contributed by atoms with Gasteiger partial charge in [0.25, 0.3) is 5.91 Å². The predicted molar refractivity (Wildman–Crippen MR) is 90.7 cm³/mol. The first-order chi connectivity index (χ1) is 11.6. The van der Waals surface area contributed by atoms with Crippen molar-refractivity contribution in [3.8, 4) is 0 Å². The zero-order valence-corrected chi connectivity index (χ0v) is 14.3. The molecular formula is C19H22ClNO3. The lowest BCUT2D eigenvalue weighted by atomic mass is 9.54. The second-order valence-corrected chi connectivity index (χ2v) is 7.99. The molecule has 0 saturated heterocycles. The molecule has 4 bridgehead atoms. The van der Waals surface area contributed by atoms with E-state index in [1.165, 1.54) is 32.1 Å². The molecule has 0 spiro atoms. The topological polar surface area (TPSA) is 55.4 Å². The van der Waals surface area contributed by atoms with Gasteiger partial charge in [-0.05, 0) is 67.9 Å². The third-order valence-corrected chi connectivity index (χ3v) is 6.31. The maximum absolute atomic E-state index is 12.2. The highest BCUT2D eigenvalue weighted by Crippen LogP contribution is 2.53. The predicted octanol–water partition coefficient (Wildman–Crippen LogP) is 3.44. The Kier molecular flexibility index (Phi) is 4.25. The smallest absolute Gasteiger partial charge is 0.340 e. The molecule has 4 aliphatic rings. The van der Waals surface area contributed by atoms with Gasteiger partial charge in [-0.1, -0.05) is 23.7 Å². The minimum Gasteiger partial charge on any atom is -0.452 e. The molecule has 5 heteroatoms. The van der Waals surface area contributed by atoms with Crippen molar-refractivity contribution in [1.29, 1.82) is 0 Å². The van der Waals surface area contributed by atoms with Crippen LogP contribution in [0.25, 0.3) is 0 Å². The highest BCUT2D eigenvalue weighted by molar-refractivity contribution is 6.33. The molecule has 0 unspecified atom stereocenters. The van der Waals surface area contributed by atoms with E-state index < -0.39 is 5.97 Å².